The van der Waals surface area contributed by atoms with E-state index in [2.05, 4.69) is 18.3 Å². The lowest BCUT2D eigenvalue weighted by atomic mass is 9.63. The van der Waals surface area contributed by atoms with E-state index in [-0.39, 0.29) is 5.91 Å². The Hall–Kier alpha value is -1.04. The van der Waals surface area contributed by atoms with E-state index in [0.717, 1.165) is 31.7 Å². The Balaban J connectivity index is 1.70. The Morgan fingerprint density at radius 1 is 1.33 bits per heavy atom. The summed E-state index contributed by atoms with van der Waals surface area (Å²) >= 11 is 0. The number of hydrogen-bond donors (Lipinski definition) is 1. The molecule has 2 rings (SSSR count). The highest BCUT2D eigenvalue weighted by atomic mass is 16.2. The molecule has 0 spiro atoms. The van der Waals surface area contributed by atoms with Crippen molar-refractivity contribution in [3.05, 3.63) is 0 Å². The normalized spacial score (nSPS) is 32.3. The third-order valence-corrected chi connectivity index (χ3v) is 4.61. The zero-order valence-electron chi connectivity index (χ0n) is 11.4. The van der Waals surface area contributed by atoms with Gasteiger partial charge in [0.05, 0.1) is 6.07 Å². The average Bonchev–Trinajstić information content (AvgIpc) is 2.36. The van der Waals surface area contributed by atoms with Crippen molar-refractivity contribution in [3.8, 4) is 6.07 Å². The zero-order chi connectivity index (χ0) is 13.0. The molecule has 0 aromatic carbocycles. The molecule has 3 heteroatoms. The summed E-state index contributed by atoms with van der Waals surface area (Å²) in [6.45, 7) is 2.85. The van der Waals surface area contributed by atoms with Crippen molar-refractivity contribution >= 4 is 5.91 Å². The van der Waals surface area contributed by atoms with E-state index >= 15 is 0 Å². The molecule has 0 aliphatic heterocycles. The highest BCUT2D eigenvalue weighted by Gasteiger charge is 2.48. The summed E-state index contributed by atoms with van der Waals surface area (Å²) in [7, 11) is 0. The van der Waals surface area contributed by atoms with Crippen molar-refractivity contribution in [2.24, 2.45) is 17.3 Å². The Morgan fingerprint density at radius 3 is 2.56 bits per heavy atom. The van der Waals surface area contributed by atoms with Crippen LogP contribution in [0.3, 0.4) is 0 Å². The van der Waals surface area contributed by atoms with Gasteiger partial charge in [0.2, 0.25) is 5.91 Å². The first-order valence-electron chi connectivity index (χ1n) is 7.36. The van der Waals surface area contributed by atoms with Gasteiger partial charge in [0.15, 0.2) is 0 Å². The molecule has 0 radical (unpaired) electrons. The lowest BCUT2D eigenvalue weighted by Crippen LogP contribution is -2.48. The van der Waals surface area contributed by atoms with Crippen LogP contribution in [0, 0.1) is 28.6 Å². The molecule has 0 unspecified atom stereocenters. The molecule has 2 aliphatic rings. The predicted molar refractivity (Wildman–Crippen MR) is 70.6 cm³/mol. The fraction of sp³-hybridized carbons (Fsp3) is 0.867. The van der Waals surface area contributed by atoms with Crippen LogP contribution in [0.15, 0.2) is 0 Å². The SMILES string of the molecule is CC1CC(C#N)(C(=O)NCCC2CCCCC2)C1. The van der Waals surface area contributed by atoms with Crippen molar-refractivity contribution in [1.82, 2.24) is 5.32 Å². The van der Waals surface area contributed by atoms with Crippen LogP contribution < -0.4 is 5.32 Å². The third kappa shape index (κ3) is 2.85. The Labute approximate surface area is 110 Å². The summed E-state index contributed by atoms with van der Waals surface area (Å²) < 4.78 is 0. The molecule has 0 atom stereocenters. The average molecular weight is 248 g/mol. The summed E-state index contributed by atoms with van der Waals surface area (Å²) in [5, 5.41) is 12.1. The van der Waals surface area contributed by atoms with Crippen LogP contribution in [0.4, 0.5) is 0 Å². The first-order chi connectivity index (χ1) is 8.66. The third-order valence-electron chi connectivity index (χ3n) is 4.61. The first kappa shape index (κ1) is 13.4. The molecule has 2 fully saturated rings. The molecule has 100 valence electrons. The molecule has 0 heterocycles. The Kier molecular flexibility index (Phi) is 4.27. The van der Waals surface area contributed by atoms with Crippen LogP contribution in [-0.4, -0.2) is 12.5 Å². The van der Waals surface area contributed by atoms with Crippen LogP contribution in [-0.2, 0) is 4.79 Å². The van der Waals surface area contributed by atoms with Crippen molar-refractivity contribution in [2.75, 3.05) is 6.54 Å². The lowest BCUT2D eigenvalue weighted by Gasteiger charge is -2.39. The van der Waals surface area contributed by atoms with Crippen LogP contribution in [0.2, 0.25) is 0 Å². The Bertz CT molecular complexity index is 333. The van der Waals surface area contributed by atoms with E-state index < -0.39 is 5.41 Å². The minimum Gasteiger partial charge on any atom is -0.355 e. The Morgan fingerprint density at radius 2 is 2.00 bits per heavy atom. The monoisotopic (exact) mass is 248 g/mol. The molecular weight excluding hydrogens is 224 g/mol. The first-order valence-corrected chi connectivity index (χ1v) is 7.36. The quantitative estimate of drug-likeness (QED) is 0.831. The van der Waals surface area contributed by atoms with E-state index in [1.54, 1.807) is 0 Å². The number of carbonyl (C=O) groups is 1. The van der Waals surface area contributed by atoms with Gasteiger partial charge in [0, 0.05) is 6.54 Å². The molecule has 1 amide bonds. The van der Waals surface area contributed by atoms with Crippen LogP contribution >= 0.6 is 0 Å². The smallest absolute Gasteiger partial charge is 0.240 e. The van der Waals surface area contributed by atoms with E-state index in [9.17, 15) is 4.79 Å². The number of rotatable bonds is 4. The fourth-order valence-corrected chi connectivity index (χ4v) is 3.49. The maximum absolute atomic E-state index is 12.0. The van der Waals surface area contributed by atoms with E-state index in [0.29, 0.717) is 5.92 Å². The van der Waals surface area contributed by atoms with E-state index in [1.165, 1.54) is 32.1 Å². The van der Waals surface area contributed by atoms with Crippen molar-refractivity contribution in [3.63, 3.8) is 0 Å². The molecule has 0 bridgehead atoms. The summed E-state index contributed by atoms with van der Waals surface area (Å²) in [5.41, 5.74) is -0.702. The molecule has 1 N–H and O–H groups in total. The number of amides is 1. The maximum atomic E-state index is 12.0. The molecule has 18 heavy (non-hydrogen) atoms. The highest BCUT2D eigenvalue weighted by molar-refractivity contribution is 5.86. The van der Waals surface area contributed by atoms with Gasteiger partial charge in [-0.15, -0.1) is 0 Å². The second kappa shape index (κ2) is 5.73. The number of nitrogens with zero attached hydrogens (tertiary/aromatic N) is 1. The van der Waals surface area contributed by atoms with Gasteiger partial charge in [0.25, 0.3) is 0 Å². The van der Waals surface area contributed by atoms with Crippen LogP contribution in [0.25, 0.3) is 0 Å². The topological polar surface area (TPSA) is 52.9 Å². The number of nitrogens with one attached hydrogen (secondary N) is 1. The second-order valence-electron chi connectivity index (χ2n) is 6.26. The maximum Gasteiger partial charge on any atom is 0.240 e. The predicted octanol–water partition coefficient (Wildman–Crippen LogP) is 3.01. The van der Waals surface area contributed by atoms with Gasteiger partial charge < -0.3 is 5.32 Å². The van der Waals surface area contributed by atoms with Crippen LogP contribution in [0.5, 0.6) is 0 Å². The van der Waals surface area contributed by atoms with E-state index in [4.69, 9.17) is 5.26 Å². The zero-order valence-corrected chi connectivity index (χ0v) is 11.4. The number of hydrogen-bond acceptors (Lipinski definition) is 2. The minimum absolute atomic E-state index is 0.0288. The van der Waals surface area contributed by atoms with Gasteiger partial charge in [-0.25, -0.2) is 0 Å². The fourth-order valence-electron chi connectivity index (χ4n) is 3.49. The van der Waals surface area contributed by atoms with Crippen molar-refractivity contribution in [2.45, 2.75) is 58.3 Å². The minimum atomic E-state index is -0.702. The van der Waals surface area contributed by atoms with Crippen molar-refractivity contribution < 1.29 is 4.79 Å². The molecule has 3 nitrogen and oxygen atoms in total. The largest absolute Gasteiger partial charge is 0.355 e. The molecule has 0 aromatic heterocycles. The van der Waals surface area contributed by atoms with Gasteiger partial charge in [0.1, 0.15) is 5.41 Å². The summed E-state index contributed by atoms with van der Waals surface area (Å²) in [5.74, 6) is 1.28. The van der Waals surface area contributed by atoms with Crippen molar-refractivity contribution in [1.29, 1.82) is 5.26 Å². The molecular formula is C15H24N2O. The van der Waals surface area contributed by atoms with Gasteiger partial charge in [-0.1, -0.05) is 39.0 Å². The molecule has 0 saturated heterocycles. The lowest BCUT2D eigenvalue weighted by molar-refractivity contribution is -0.134. The summed E-state index contributed by atoms with van der Waals surface area (Å²) in [6, 6.07) is 2.22. The summed E-state index contributed by atoms with van der Waals surface area (Å²) in [4.78, 5) is 12.0. The molecule has 2 saturated carbocycles. The standard InChI is InChI=1S/C15H24N2O/c1-12-9-15(10-12,11-16)14(18)17-8-7-13-5-3-2-4-6-13/h12-13H,2-10H2,1H3,(H,17,18). The van der Waals surface area contributed by atoms with Gasteiger partial charge in [-0.2, -0.15) is 5.26 Å². The highest BCUT2D eigenvalue weighted by Crippen LogP contribution is 2.45. The number of carbonyl (C=O) groups excluding carboxylic acids is 1. The summed E-state index contributed by atoms with van der Waals surface area (Å²) in [6.07, 6.45) is 9.25. The van der Waals surface area contributed by atoms with Gasteiger partial charge in [-0.05, 0) is 31.1 Å². The second-order valence-corrected chi connectivity index (χ2v) is 6.26. The van der Waals surface area contributed by atoms with Crippen LogP contribution in [0.1, 0.15) is 58.3 Å². The number of nitriles is 1. The van der Waals surface area contributed by atoms with Gasteiger partial charge >= 0.3 is 0 Å². The molecule has 0 aromatic rings. The molecule has 2 aliphatic carbocycles. The van der Waals surface area contributed by atoms with E-state index in [1.807, 2.05) is 0 Å². The van der Waals surface area contributed by atoms with Gasteiger partial charge in [-0.3, -0.25) is 4.79 Å².